The second-order valence-corrected chi connectivity index (χ2v) is 4.78. The van der Waals surface area contributed by atoms with Crippen molar-refractivity contribution >= 4 is 17.7 Å². The fourth-order valence-corrected chi connectivity index (χ4v) is 2.08. The Balaban J connectivity index is 2.42. The normalized spacial score (nSPS) is 26.7. The second-order valence-electron chi connectivity index (χ2n) is 3.79. The first-order valence-corrected chi connectivity index (χ1v) is 6.59. The lowest BCUT2D eigenvalue weighted by Crippen LogP contribution is -2.50. The van der Waals surface area contributed by atoms with Gasteiger partial charge in [-0.05, 0) is 13.2 Å². The number of aliphatic hydroxyl groups excluding tert-OH is 1. The number of carbonyl (C=O) groups excluding carboxylic acids is 1. The van der Waals surface area contributed by atoms with Crippen LogP contribution < -0.4 is 0 Å². The van der Waals surface area contributed by atoms with Crippen LogP contribution >= 0.6 is 11.8 Å². The van der Waals surface area contributed by atoms with Crippen molar-refractivity contribution in [1.29, 1.82) is 0 Å². The Bertz CT molecular complexity index is 213. The monoisotopic (exact) mass is 233 g/mol. The predicted octanol–water partition coefficient (Wildman–Crippen LogP) is 0.348. The van der Waals surface area contributed by atoms with Crippen LogP contribution in [0.3, 0.4) is 0 Å². The lowest BCUT2D eigenvalue weighted by atomic mass is 10.2. The average Bonchev–Trinajstić information content (AvgIpc) is 2.24. The molecular formula is C10H19NO3S. The fourth-order valence-electron chi connectivity index (χ4n) is 1.70. The van der Waals surface area contributed by atoms with E-state index in [1.54, 1.807) is 16.7 Å². The first-order valence-electron chi connectivity index (χ1n) is 5.20. The van der Waals surface area contributed by atoms with Gasteiger partial charge in [-0.25, -0.2) is 0 Å². The third-order valence-corrected chi connectivity index (χ3v) is 3.02. The molecule has 0 aliphatic carbocycles. The van der Waals surface area contributed by atoms with E-state index in [1.807, 2.05) is 13.2 Å². The largest absolute Gasteiger partial charge is 0.394 e. The summed E-state index contributed by atoms with van der Waals surface area (Å²) in [6, 6.07) is 0. The molecule has 1 rings (SSSR count). The minimum Gasteiger partial charge on any atom is -0.394 e. The average molecular weight is 233 g/mol. The van der Waals surface area contributed by atoms with Gasteiger partial charge in [0, 0.05) is 25.3 Å². The van der Waals surface area contributed by atoms with Gasteiger partial charge in [0.2, 0.25) is 5.91 Å². The molecule has 0 bridgehead atoms. The Hall–Kier alpha value is -0.260. The smallest absolute Gasteiger partial charge is 0.223 e. The molecule has 1 aliphatic rings. The van der Waals surface area contributed by atoms with Gasteiger partial charge in [-0.3, -0.25) is 4.79 Å². The van der Waals surface area contributed by atoms with Crippen molar-refractivity contribution in [3.63, 3.8) is 0 Å². The molecule has 0 aromatic heterocycles. The van der Waals surface area contributed by atoms with E-state index in [4.69, 9.17) is 9.84 Å². The molecule has 1 saturated heterocycles. The number of hydrogen-bond donors (Lipinski definition) is 1. The molecule has 0 spiro atoms. The summed E-state index contributed by atoms with van der Waals surface area (Å²) in [4.78, 5) is 13.5. The van der Waals surface area contributed by atoms with Crippen LogP contribution in [0.1, 0.15) is 13.3 Å². The number of nitrogens with zero attached hydrogens (tertiary/aromatic N) is 1. The molecule has 5 heteroatoms. The van der Waals surface area contributed by atoms with Crippen LogP contribution in [0.5, 0.6) is 0 Å². The molecule has 0 radical (unpaired) electrons. The number of thioether (sulfide) groups is 1. The summed E-state index contributed by atoms with van der Waals surface area (Å²) in [5.41, 5.74) is 0. The van der Waals surface area contributed by atoms with Crippen LogP contribution in [0, 0.1) is 0 Å². The van der Waals surface area contributed by atoms with Gasteiger partial charge in [-0.1, -0.05) is 0 Å². The van der Waals surface area contributed by atoms with Crippen LogP contribution in [0.25, 0.3) is 0 Å². The number of rotatable bonds is 4. The number of amides is 1. The summed E-state index contributed by atoms with van der Waals surface area (Å²) in [6.45, 7) is 3.07. The minimum absolute atomic E-state index is 0.0172. The van der Waals surface area contributed by atoms with Gasteiger partial charge < -0.3 is 14.7 Å². The summed E-state index contributed by atoms with van der Waals surface area (Å²) in [7, 11) is 0. The number of ether oxygens (including phenoxy) is 1. The fraction of sp³-hybridized carbons (Fsp3) is 0.900. The van der Waals surface area contributed by atoms with Crippen LogP contribution in [-0.4, -0.2) is 59.8 Å². The lowest BCUT2D eigenvalue weighted by Gasteiger charge is -2.36. The van der Waals surface area contributed by atoms with Gasteiger partial charge in [0.05, 0.1) is 18.8 Å². The van der Waals surface area contributed by atoms with E-state index in [1.165, 1.54) is 0 Å². The Morgan fingerprint density at radius 2 is 2.33 bits per heavy atom. The van der Waals surface area contributed by atoms with E-state index in [2.05, 4.69) is 0 Å². The SMILES string of the molecule is CSCCC(=O)N1CC(C)OC(CO)C1. The maximum atomic E-state index is 11.7. The van der Waals surface area contributed by atoms with Crippen molar-refractivity contribution < 1.29 is 14.6 Å². The van der Waals surface area contributed by atoms with Gasteiger partial charge in [-0.15, -0.1) is 0 Å². The summed E-state index contributed by atoms with van der Waals surface area (Å²) in [5.74, 6) is 1.02. The zero-order valence-electron chi connectivity index (χ0n) is 9.31. The summed E-state index contributed by atoms with van der Waals surface area (Å²) in [5, 5.41) is 9.02. The van der Waals surface area contributed by atoms with Crippen LogP contribution in [0.2, 0.25) is 0 Å². The Kier molecular flexibility index (Phi) is 5.42. The molecule has 1 heterocycles. The molecule has 1 fully saturated rings. The van der Waals surface area contributed by atoms with Crippen molar-refractivity contribution in [1.82, 2.24) is 4.90 Å². The maximum absolute atomic E-state index is 11.7. The highest BCUT2D eigenvalue weighted by atomic mass is 32.2. The molecule has 2 unspecified atom stereocenters. The number of carbonyl (C=O) groups is 1. The van der Waals surface area contributed by atoms with Gasteiger partial charge >= 0.3 is 0 Å². The molecular weight excluding hydrogens is 214 g/mol. The van der Waals surface area contributed by atoms with Crippen LogP contribution in [0.4, 0.5) is 0 Å². The van der Waals surface area contributed by atoms with E-state index in [9.17, 15) is 4.79 Å². The minimum atomic E-state index is -0.216. The molecule has 0 saturated carbocycles. The van der Waals surface area contributed by atoms with Crippen molar-refractivity contribution in [3.8, 4) is 0 Å². The third kappa shape index (κ3) is 4.01. The Morgan fingerprint density at radius 1 is 1.60 bits per heavy atom. The van der Waals surface area contributed by atoms with E-state index in [0.717, 1.165) is 5.75 Å². The first-order chi connectivity index (χ1) is 7.17. The van der Waals surface area contributed by atoms with E-state index < -0.39 is 0 Å². The predicted molar refractivity (Wildman–Crippen MR) is 61.0 cm³/mol. The highest BCUT2D eigenvalue weighted by Gasteiger charge is 2.27. The molecule has 88 valence electrons. The van der Waals surface area contributed by atoms with E-state index in [0.29, 0.717) is 19.5 Å². The summed E-state index contributed by atoms with van der Waals surface area (Å²) < 4.78 is 5.47. The summed E-state index contributed by atoms with van der Waals surface area (Å²) in [6.07, 6.45) is 2.37. The van der Waals surface area contributed by atoms with Crippen molar-refractivity contribution in [2.45, 2.75) is 25.6 Å². The van der Waals surface area contributed by atoms with Gasteiger partial charge in [0.25, 0.3) is 0 Å². The molecule has 1 N–H and O–H groups in total. The maximum Gasteiger partial charge on any atom is 0.223 e. The number of morpholine rings is 1. The highest BCUT2D eigenvalue weighted by Crippen LogP contribution is 2.12. The topological polar surface area (TPSA) is 49.8 Å². The second kappa shape index (κ2) is 6.35. The molecule has 4 nitrogen and oxygen atoms in total. The van der Waals surface area contributed by atoms with Gasteiger partial charge in [-0.2, -0.15) is 11.8 Å². The number of hydrogen-bond acceptors (Lipinski definition) is 4. The lowest BCUT2D eigenvalue weighted by molar-refractivity contribution is -0.146. The zero-order valence-corrected chi connectivity index (χ0v) is 10.1. The van der Waals surface area contributed by atoms with Crippen molar-refractivity contribution in [2.75, 3.05) is 31.7 Å². The van der Waals surface area contributed by atoms with Gasteiger partial charge in [0.15, 0.2) is 0 Å². The van der Waals surface area contributed by atoms with E-state index in [-0.39, 0.29) is 24.7 Å². The molecule has 15 heavy (non-hydrogen) atoms. The summed E-state index contributed by atoms with van der Waals surface area (Å²) >= 11 is 1.67. The zero-order chi connectivity index (χ0) is 11.3. The highest BCUT2D eigenvalue weighted by molar-refractivity contribution is 7.98. The quantitative estimate of drug-likeness (QED) is 0.761. The Morgan fingerprint density at radius 3 is 2.93 bits per heavy atom. The van der Waals surface area contributed by atoms with Crippen molar-refractivity contribution in [2.24, 2.45) is 0 Å². The molecule has 1 aliphatic heterocycles. The van der Waals surface area contributed by atoms with E-state index >= 15 is 0 Å². The van der Waals surface area contributed by atoms with Crippen LogP contribution in [0.15, 0.2) is 0 Å². The molecule has 1 amide bonds. The molecule has 2 atom stereocenters. The molecule has 0 aromatic rings. The Labute approximate surface area is 95.0 Å². The first kappa shape index (κ1) is 12.8. The van der Waals surface area contributed by atoms with Gasteiger partial charge in [0.1, 0.15) is 0 Å². The van der Waals surface area contributed by atoms with Crippen LogP contribution in [-0.2, 0) is 9.53 Å². The standard InChI is InChI=1S/C10H19NO3S/c1-8-5-11(6-9(7-12)14-8)10(13)3-4-15-2/h8-9,12H,3-7H2,1-2H3. The third-order valence-electron chi connectivity index (χ3n) is 2.40. The van der Waals surface area contributed by atoms with Crippen molar-refractivity contribution in [3.05, 3.63) is 0 Å². The molecule has 0 aromatic carbocycles. The number of aliphatic hydroxyl groups is 1.